The molecule has 1 aliphatic carbocycles. The second-order valence-electron chi connectivity index (χ2n) is 9.55. The van der Waals surface area contributed by atoms with Crippen molar-refractivity contribution in [1.82, 2.24) is 0 Å². The lowest BCUT2D eigenvalue weighted by molar-refractivity contribution is -0.254. The fourth-order valence-corrected chi connectivity index (χ4v) is 7.01. The summed E-state index contributed by atoms with van der Waals surface area (Å²) in [5.41, 5.74) is -2.05. The van der Waals surface area contributed by atoms with Crippen LogP contribution in [0.15, 0.2) is 60.7 Å². The molecule has 5 rings (SSSR count). The average molecular weight is 609 g/mol. The Labute approximate surface area is 241 Å². The van der Waals surface area contributed by atoms with E-state index in [1.807, 2.05) is 13.8 Å². The highest BCUT2D eigenvalue weighted by atomic mass is 32.1. The minimum absolute atomic E-state index is 0.231. The van der Waals surface area contributed by atoms with Crippen LogP contribution in [0.25, 0.3) is 32.0 Å². The van der Waals surface area contributed by atoms with E-state index in [1.54, 1.807) is 48.5 Å². The molecular formula is C31H26F6O2S2. The molecule has 10 heteroatoms. The van der Waals surface area contributed by atoms with Gasteiger partial charge in [0.1, 0.15) is 11.5 Å². The van der Waals surface area contributed by atoms with Crippen molar-refractivity contribution in [2.24, 2.45) is 0 Å². The molecule has 0 bridgehead atoms. The standard InChI is InChI=1S/C31H26F6O2S2/c1-5-38-21-11-7-19(8-12-21)25-15-23(17(3)40-25)27-28(30(34,35)31(36,37)29(27,32)33)24-16-26(41-18(24)4)20-9-13-22(14-10-20)39-6-2/h7-16H,5-6H2,1-4H3. The van der Waals surface area contributed by atoms with Crippen LogP contribution in [0.4, 0.5) is 26.3 Å². The Morgan fingerprint density at radius 3 is 1.24 bits per heavy atom. The molecule has 0 amide bonds. The van der Waals surface area contributed by atoms with E-state index in [9.17, 15) is 8.78 Å². The van der Waals surface area contributed by atoms with Gasteiger partial charge in [-0.1, -0.05) is 0 Å². The van der Waals surface area contributed by atoms with Crippen molar-refractivity contribution in [3.8, 4) is 32.4 Å². The number of allylic oxidation sites excluding steroid dienone is 2. The van der Waals surface area contributed by atoms with Crippen LogP contribution in [0.2, 0.25) is 0 Å². The molecule has 216 valence electrons. The highest BCUT2D eigenvalue weighted by Gasteiger charge is 2.80. The van der Waals surface area contributed by atoms with Gasteiger partial charge in [0.25, 0.3) is 0 Å². The van der Waals surface area contributed by atoms with Crippen molar-refractivity contribution in [2.45, 2.75) is 45.5 Å². The zero-order valence-electron chi connectivity index (χ0n) is 22.6. The number of hydrogen-bond donors (Lipinski definition) is 0. The molecule has 0 saturated heterocycles. The number of alkyl halides is 6. The van der Waals surface area contributed by atoms with E-state index >= 15 is 17.6 Å². The molecular weight excluding hydrogens is 582 g/mol. The topological polar surface area (TPSA) is 18.5 Å². The Kier molecular flexibility index (Phi) is 7.53. The summed E-state index contributed by atoms with van der Waals surface area (Å²) in [4.78, 5) is 1.43. The van der Waals surface area contributed by atoms with Crippen LogP contribution in [-0.2, 0) is 0 Å². The number of hydrogen-bond acceptors (Lipinski definition) is 4. The van der Waals surface area contributed by atoms with Gasteiger partial charge in [-0.05, 0) is 111 Å². The van der Waals surface area contributed by atoms with Crippen molar-refractivity contribution in [1.29, 1.82) is 0 Å². The first-order valence-corrected chi connectivity index (χ1v) is 14.5. The SMILES string of the molecule is CCOc1ccc(-c2cc(C3=C(c4cc(-c5ccc(OCC)cc5)sc4C)C(F)(F)C(F)(F)C3(F)F)c(C)s2)cc1. The third kappa shape index (κ3) is 4.74. The number of ether oxygens (including phenoxy) is 2. The lowest BCUT2D eigenvalue weighted by Gasteiger charge is -2.25. The van der Waals surface area contributed by atoms with Crippen molar-refractivity contribution in [2.75, 3.05) is 13.2 Å². The lowest BCUT2D eigenvalue weighted by atomic mass is 9.94. The fraction of sp³-hybridized carbons (Fsp3) is 0.290. The fourth-order valence-electron chi connectivity index (χ4n) is 4.94. The first-order chi connectivity index (χ1) is 19.3. The highest BCUT2D eigenvalue weighted by molar-refractivity contribution is 7.16. The predicted molar refractivity (Wildman–Crippen MR) is 153 cm³/mol. The van der Waals surface area contributed by atoms with Gasteiger partial charge in [-0.3, -0.25) is 0 Å². The molecule has 0 saturated carbocycles. The van der Waals surface area contributed by atoms with Gasteiger partial charge in [-0.15, -0.1) is 22.7 Å². The lowest BCUT2D eigenvalue weighted by Crippen LogP contribution is -2.48. The maximum atomic E-state index is 15.5. The zero-order chi connectivity index (χ0) is 29.7. The molecule has 2 heterocycles. The highest BCUT2D eigenvalue weighted by Crippen LogP contribution is 2.66. The molecule has 2 aromatic carbocycles. The molecule has 0 unspecified atom stereocenters. The Balaban J connectivity index is 1.67. The van der Waals surface area contributed by atoms with E-state index < -0.39 is 28.9 Å². The van der Waals surface area contributed by atoms with Gasteiger partial charge in [0.05, 0.1) is 13.2 Å². The molecule has 0 aliphatic heterocycles. The van der Waals surface area contributed by atoms with Gasteiger partial charge in [-0.2, -0.15) is 26.3 Å². The average Bonchev–Trinajstić information content (AvgIpc) is 3.52. The van der Waals surface area contributed by atoms with Crippen molar-refractivity contribution in [3.63, 3.8) is 0 Å². The summed E-state index contributed by atoms with van der Waals surface area (Å²) >= 11 is 2.15. The summed E-state index contributed by atoms with van der Waals surface area (Å²) in [6.07, 6.45) is 0. The van der Waals surface area contributed by atoms with Crippen LogP contribution in [-0.4, -0.2) is 31.0 Å². The van der Waals surface area contributed by atoms with E-state index in [2.05, 4.69) is 0 Å². The maximum absolute atomic E-state index is 15.5. The Bertz CT molecular complexity index is 1480. The van der Waals surface area contributed by atoms with Crippen LogP contribution in [0.5, 0.6) is 11.5 Å². The first kappa shape index (κ1) is 29.3. The molecule has 2 aromatic heterocycles. The summed E-state index contributed by atoms with van der Waals surface area (Å²) in [5.74, 6) is -14.6. The summed E-state index contributed by atoms with van der Waals surface area (Å²) in [6.45, 7) is 7.52. The second-order valence-corrected chi connectivity index (χ2v) is 12.1. The quantitative estimate of drug-likeness (QED) is 0.185. The van der Waals surface area contributed by atoms with Gasteiger partial charge in [0.2, 0.25) is 0 Å². The van der Waals surface area contributed by atoms with Crippen LogP contribution in [0.3, 0.4) is 0 Å². The summed E-state index contributed by atoms with van der Waals surface area (Å²) < 4.78 is 103. The Morgan fingerprint density at radius 2 is 0.927 bits per heavy atom. The van der Waals surface area contributed by atoms with Crippen LogP contribution < -0.4 is 9.47 Å². The number of aryl methyl sites for hydroxylation is 2. The van der Waals surface area contributed by atoms with Gasteiger partial charge in [0.15, 0.2) is 0 Å². The van der Waals surface area contributed by atoms with Crippen LogP contribution in [0.1, 0.15) is 34.7 Å². The third-order valence-electron chi connectivity index (χ3n) is 6.94. The smallest absolute Gasteiger partial charge is 0.380 e. The number of rotatable bonds is 8. The van der Waals surface area contributed by atoms with Crippen molar-refractivity contribution in [3.05, 3.63) is 81.5 Å². The largest absolute Gasteiger partial charge is 0.494 e. The van der Waals surface area contributed by atoms with E-state index in [4.69, 9.17) is 9.47 Å². The molecule has 0 fully saturated rings. The second kappa shape index (κ2) is 10.5. The normalized spacial score (nSPS) is 17.2. The van der Waals surface area contributed by atoms with Crippen LogP contribution >= 0.6 is 22.7 Å². The summed E-state index contributed by atoms with van der Waals surface area (Å²) in [7, 11) is 0. The van der Waals surface area contributed by atoms with E-state index in [-0.39, 0.29) is 20.9 Å². The molecule has 0 N–H and O–H groups in total. The predicted octanol–water partition coefficient (Wildman–Crippen LogP) is 10.4. The molecule has 2 nitrogen and oxygen atoms in total. The van der Waals surface area contributed by atoms with Crippen molar-refractivity contribution < 1.29 is 35.8 Å². The Morgan fingerprint density at radius 1 is 0.585 bits per heavy atom. The molecule has 0 radical (unpaired) electrons. The number of halogens is 6. The summed E-state index contributed by atoms with van der Waals surface area (Å²) in [6, 6.07) is 16.2. The minimum Gasteiger partial charge on any atom is -0.494 e. The Hall–Kier alpha value is -3.24. The third-order valence-corrected chi connectivity index (χ3v) is 9.14. The van der Waals surface area contributed by atoms with Gasteiger partial charge >= 0.3 is 17.8 Å². The molecule has 41 heavy (non-hydrogen) atoms. The molecule has 4 aromatic rings. The zero-order valence-corrected chi connectivity index (χ0v) is 24.2. The summed E-state index contributed by atoms with van der Waals surface area (Å²) in [5, 5.41) is 0. The van der Waals surface area contributed by atoms with Gasteiger partial charge in [0, 0.05) is 30.7 Å². The van der Waals surface area contributed by atoms with Crippen LogP contribution in [0, 0.1) is 13.8 Å². The number of thiophene rings is 2. The monoisotopic (exact) mass is 608 g/mol. The first-order valence-electron chi connectivity index (χ1n) is 12.9. The number of benzene rings is 2. The molecule has 0 spiro atoms. The van der Waals surface area contributed by atoms with E-state index in [0.717, 1.165) is 22.7 Å². The van der Waals surface area contributed by atoms with E-state index in [1.165, 1.54) is 26.0 Å². The van der Waals surface area contributed by atoms with Gasteiger partial charge < -0.3 is 9.47 Å². The minimum atomic E-state index is -5.62. The maximum Gasteiger partial charge on any atom is 0.380 e. The van der Waals surface area contributed by atoms with Crippen molar-refractivity contribution >= 4 is 33.8 Å². The van der Waals surface area contributed by atoms with Gasteiger partial charge in [-0.25, -0.2) is 0 Å². The molecule has 0 atom stereocenters. The molecule has 1 aliphatic rings. The van der Waals surface area contributed by atoms with E-state index in [0.29, 0.717) is 45.6 Å².